The highest BCUT2D eigenvalue weighted by Crippen LogP contribution is 2.21. The number of aromatic nitrogens is 1. The number of pyridine rings is 1. The van der Waals surface area contributed by atoms with Crippen LogP contribution in [0.2, 0.25) is 0 Å². The van der Waals surface area contributed by atoms with E-state index in [0.717, 1.165) is 35.7 Å². The first-order valence-corrected chi connectivity index (χ1v) is 7.27. The molecule has 1 rings (SSSR count). The van der Waals surface area contributed by atoms with Crippen molar-refractivity contribution < 1.29 is 9.84 Å². The van der Waals surface area contributed by atoms with Crippen molar-refractivity contribution in [3.8, 4) is 5.75 Å². The minimum absolute atomic E-state index is 0.438. The van der Waals surface area contributed by atoms with Gasteiger partial charge in [0, 0.05) is 11.8 Å². The molecule has 0 aliphatic heterocycles. The van der Waals surface area contributed by atoms with Gasteiger partial charge in [0.1, 0.15) is 5.75 Å². The van der Waals surface area contributed by atoms with Gasteiger partial charge in [-0.15, -0.1) is 0 Å². The molecular formula is C13H21NO2S. The lowest BCUT2D eigenvalue weighted by Gasteiger charge is -2.11. The highest BCUT2D eigenvalue weighted by molar-refractivity contribution is 7.99. The van der Waals surface area contributed by atoms with Crippen molar-refractivity contribution in [1.82, 2.24) is 4.98 Å². The van der Waals surface area contributed by atoms with Crippen LogP contribution in [0.25, 0.3) is 0 Å². The lowest BCUT2D eigenvalue weighted by molar-refractivity contribution is 0.174. The summed E-state index contributed by atoms with van der Waals surface area (Å²) in [5.41, 5.74) is 0.843. The SMILES string of the molecule is CCCOc1cncc(C(O)CCSCC)c1. The molecule has 1 N–H and O–H groups in total. The molecule has 17 heavy (non-hydrogen) atoms. The molecule has 1 aromatic heterocycles. The highest BCUT2D eigenvalue weighted by Gasteiger charge is 2.08. The standard InChI is InChI=1S/C13H21NO2S/c1-3-6-16-12-8-11(9-14-10-12)13(15)5-7-17-4-2/h8-10,13,15H,3-7H2,1-2H3. The van der Waals surface area contributed by atoms with E-state index >= 15 is 0 Å². The van der Waals surface area contributed by atoms with Gasteiger partial charge >= 0.3 is 0 Å². The Bertz CT molecular complexity index is 320. The summed E-state index contributed by atoms with van der Waals surface area (Å²) in [5.74, 6) is 2.80. The second-order valence-electron chi connectivity index (χ2n) is 3.80. The summed E-state index contributed by atoms with van der Waals surface area (Å²) in [5, 5.41) is 9.99. The van der Waals surface area contributed by atoms with E-state index in [1.165, 1.54) is 0 Å². The molecule has 0 saturated carbocycles. The third-order valence-electron chi connectivity index (χ3n) is 2.33. The van der Waals surface area contributed by atoms with Gasteiger partial charge in [-0.2, -0.15) is 11.8 Å². The van der Waals surface area contributed by atoms with Gasteiger partial charge in [-0.25, -0.2) is 0 Å². The second-order valence-corrected chi connectivity index (χ2v) is 5.20. The van der Waals surface area contributed by atoms with Gasteiger partial charge < -0.3 is 9.84 Å². The van der Waals surface area contributed by atoms with Crippen LogP contribution in [0.4, 0.5) is 0 Å². The lowest BCUT2D eigenvalue weighted by atomic mass is 10.1. The first-order valence-electron chi connectivity index (χ1n) is 6.11. The smallest absolute Gasteiger partial charge is 0.137 e. The Kier molecular flexibility index (Phi) is 7.05. The Labute approximate surface area is 108 Å². The maximum Gasteiger partial charge on any atom is 0.137 e. The van der Waals surface area contributed by atoms with E-state index in [1.54, 1.807) is 12.4 Å². The van der Waals surface area contributed by atoms with Gasteiger partial charge in [-0.1, -0.05) is 13.8 Å². The van der Waals surface area contributed by atoms with E-state index in [1.807, 2.05) is 17.8 Å². The Morgan fingerprint density at radius 2 is 2.24 bits per heavy atom. The molecule has 0 amide bonds. The molecule has 4 heteroatoms. The van der Waals surface area contributed by atoms with Crippen LogP contribution in [0.15, 0.2) is 18.5 Å². The molecule has 1 aromatic rings. The van der Waals surface area contributed by atoms with E-state index in [-0.39, 0.29) is 0 Å². The van der Waals surface area contributed by atoms with Crippen molar-refractivity contribution in [3.05, 3.63) is 24.0 Å². The maximum atomic E-state index is 9.99. The molecule has 1 atom stereocenters. The molecule has 0 aliphatic carbocycles. The predicted octanol–water partition coefficient (Wildman–Crippen LogP) is 3.05. The monoisotopic (exact) mass is 255 g/mol. The lowest BCUT2D eigenvalue weighted by Crippen LogP contribution is -2.02. The first-order chi connectivity index (χ1) is 8.27. The van der Waals surface area contributed by atoms with Gasteiger partial charge in [0.05, 0.1) is 18.9 Å². The highest BCUT2D eigenvalue weighted by atomic mass is 32.2. The van der Waals surface area contributed by atoms with Crippen molar-refractivity contribution in [3.63, 3.8) is 0 Å². The Morgan fingerprint density at radius 1 is 1.41 bits per heavy atom. The zero-order chi connectivity index (χ0) is 12.5. The van der Waals surface area contributed by atoms with Crippen LogP contribution in [-0.2, 0) is 0 Å². The molecule has 0 bridgehead atoms. The second kappa shape index (κ2) is 8.37. The van der Waals surface area contributed by atoms with Gasteiger partial charge in [0.25, 0.3) is 0 Å². The van der Waals surface area contributed by atoms with Crippen LogP contribution >= 0.6 is 11.8 Å². The minimum atomic E-state index is -0.438. The molecule has 0 saturated heterocycles. The zero-order valence-electron chi connectivity index (χ0n) is 10.6. The van der Waals surface area contributed by atoms with Crippen LogP contribution in [-0.4, -0.2) is 28.2 Å². The van der Waals surface area contributed by atoms with Gasteiger partial charge in [0.2, 0.25) is 0 Å². The third kappa shape index (κ3) is 5.41. The zero-order valence-corrected chi connectivity index (χ0v) is 11.4. The van der Waals surface area contributed by atoms with E-state index in [9.17, 15) is 5.11 Å². The fourth-order valence-electron chi connectivity index (χ4n) is 1.42. The van der Waals surface area contributed by atoms with Crippen molar-refractivity contribution in [1.29, 1.82) is 0 Å². The van der Waals surface area contributed by atoms with Gasteiger partial charge in [-0.3, -0.25) is 4.98 Å². The van der Waals surface area contributed by atoms with E-state index in [2.05, 4.69) is 18.8 Å². The predicted molar refractivity (Wildman–Crippen MR) is 72.6 cm³/mol. The van der Waals surface area contributed by atoms with Gasteiger partial charge in [-0.05, 0) is 30.4 Å². The van der Waals surface area contributed by atoms with Gasteiger partial charge in [0.15, 0.2) is 0 Å². The van der Waals surface area contributed by atoms with Crippen LogP contribution in [0, 0.1) is 0 Å². The summed E-state index contributed by atoms with van der Waals surface area (Å²) in [6.45, 7) is 4.87. The van der Waals surface area contributed by atoms with Crippen LogP contribution in [0.1, 0.15) is 38.4 Å². The minimum Gasteiger partial charge on any atom is -0.492 e. The Hall–Kier alpha value is -0.740. The molecule has 1 heterocycles. The molecule has 0 spiro atoms. The van der Waals surface area contributed by atoms with Crippen molar-refractivity contribution in [2.24, 2.45) is 0 Å². The normalized spacial score (nSPS) is 12.4. The van der Waals surface area contributed by atoms with Crippen molar-refractivity contribution in [2.75, 3.05) is 18.1 Å². The summed E-state index contributed by atoms with van der Waals surface area (Å²) < 4.78 is 5.49. The number of ether oxygens (including phenoxy) is 1. The number of rotatable bonds is 8. The summed E-state index contributed by atoms with van der Waals surface area (Å²) in [6.07, 6.45) is 4.69. The Balaban J connectivity index is 2.51. The first kappa shape index (κ1) is 14.3. The fourth-order valence-corrected chi connectivity index (χ4v) is 2.10. The van der Waals surface area contributed by atoms with E-state index < -0.39 is 6.10 Å². The van der Waals surface area contributed by atoms with Crippen LogP contribution in [0.5, 0.6) is 5.75 Å². The molecule has 0 radical (unpaired) electrons. The summed E-state index contributed by atoms with van der Waals surface area (Å²) >= 11 is 1.84. The summed E-state index contributed by atoms with van der Waals surface area (Å²) in [7, 11) is 0. The quantitative estimate of drug-likeness (QED) is 0.725. The summed E-state index contributed by atoms with van der Waals surface area (Å²) in [6, 6.07) is 1.88. The number of nitrogens with zero attached hydrogens (tertiary/aromatic N) is 1. The number of hydrogen-bond donors (Lipinski definition) is 1. The topological polar surface area (TPSA) is 42.4 Å². The van der Waals surface area contributed by atoms with Crippen molar-refractivity contribution >= 4 is 11.8 Å². The van der Waals surface area contributed by atoms with E-state index in [4.69, 9.17) is 4.74 Å². The van der Waals surface area contributed by atoms with Crippen LogP contribution in [0.3, 0.4) is 0 Å². The molecule has 0 aliphatic rings. The number of thioether (sulfide) groups is 1. The molecule has 1 unspecified atom stereocenters. The van der Waals surface area contributed by atoms with Crippen molar-refractivity contribution in [2.45, 2.75) is 32.8 Å². The van der Waals surface area contributed by atoms with E-state index in [0.29, 0.717) is 6.61 Å². The molecule has 96 valence electrons. The molecule has 0 aromatic carbocycles. The summed E-state index contributed by atoms with van der Waals surface area (Å²) in [4.78, 5) is 4.10. The molecular weight excluding hydrogens is 234 g/mol. The average Bonchev–Trinajstić information content (AvgIpc) is 2.37. The fraction of sp³-hybridized carbons (Fsp3) is 0.615. The Morgan fingerprint density at radius 3 is 2.94 bits per heavy atom. The maximum absolute atomic E-state index is 9.99. The number of aliphatic hydroxyl groups excluding tert-OH is 1. The number of hydrogen-bond acceptors (Lipinski definition) is 4. The largest absolute Gasteiger partial charge is 0.492 e. The molecule has 3 nitrogen and oxygen atoms in total. The average molecular weight is 255 g/mol. The third-order valence-corrected chi connectivity index (χ3v) is 3.26. The molecule has 0 fully saturated rings. The number of aliphatic hydroxyl groups is 1. The van der Waals surface area contributed by atoms with Crippen LogP contribution < -0.4 is 4.74 Å².